The lowest BCUT2D eigenvalue weighted by atomic mass is 9.81. The van der Waals surface area contributed by atoms with Crippen molar-refractivity contribution in [3.63, 3.8) is 0 Å². The number of rotatable bonds is 5. The largest absolute Gasteiger partial charge is 0.497 e. The highest BCUT2D eigenvalue weighted by Gasteiger charge is 2.27. The van der Waals surface area contributed by atoms with Gasteiger partial charge in [0.1, 0.15) is 5.75 Å². The fourth-order valence-electron chi connectivity index (χ4n) is 4.28. The number of hydrogen-bond acceptors (Lipinski definition) is 8. The minimum absolute atomic E-state index is 0.0417. The standard InChI is InChI=1S/C24H24N2O4.C5H12O.CH4O.CH4S/c1-13-18(10-21(27)28)22(15-5-7-17(29-3)8-6-15)14(2)23-19-12-25-20(30-4)9-16(19)11-26-24(13)23;1-5(2,3)6-4;2*1-2/h5-9,12,26H,10-11H2,1-4H3,(H,27,28);1-4H3;2*2H,1H3. The smallest absolute Gasteiger partial charge is 0.307 e. The van der Waals surface area contributed by atoms with Crippen molar-refractivity contribution in [3.8, 4) is 33.9 Å². The number of aliphatic carboxylic acids is 1. The molecule has 4 rings (SSSR count). The van der Waals surface area contributed by atoms with Crippen molar-refractivity contribution >= 4 is 24.3 Å². The summed E-state index contributed by atoms with van der Waals surface area (Å²) in [5.74, 6) is 0.482. The predicted molar refractivity (Wildman–Crippen MR) is 166 cm³/mol. The highest BCUT2D eigenvalue weighted by Crippen LogP contribution is 2.46. The van der Waals surface area contributed by atoms with Crippen molar-refractivity contribution in [2.75, 3.05) is 40.0 Å². The second-order valence-electron chi connectivity index (χ2n) is 9.71. The summed E-state index contributed by atoms with van der Waals surface area (Å²) in [6.45, 7) is 10.7. The summed E-state index contributed by atoms with van der Waals surface area (Å²) in [5, 5.41) is 20.1. The van der Waals surface area contributed by atoms with Gasteiger partial charge in [-0.3, -0.25) is 4.79 Å². The van der Waals surface area contributed by atoms with Crippen LogP contribution in [0.3, 0.4) is 0 Å². The van der Waals surface area contributed by atoms with Crippen LogP contribution in [-0.2, 0) is 22.5 Å². The van der Waals surface area contributed by atoms with Crippen LogP contribution in [0.15, 0.2) is 36.5 Å². The monoisotopic (exact) mass is 572 g/mol. The number of methoxy groups -OCH3 is 3. The molecule has 0 radical (unpaired) electrons. The highest BCUT2D eigenvalue weighted by atomic mass is 32.1. The van der Waals surface area contributed by atoms with Gasteiger partial charge in [0.2, 0.25) is 5.88 Å². The van der Waals surface area contributed by atoms with Crippen molar-refractivity contribution in [1.82, 2.24) is 4.98 Å². The van der Waals surface area contributed by atoms with Crippen LogP contribution in [0.1, 0.15) is 43.0 Å². The van der Waals surface area contributed by atoms with E-state index in [0.29, 0.717) is 12.4 Å². The average Bonchev–Trinajstić information content (AvgIpc) is 2.97. The number of aliphatic hydroxyl groups is 1. The van der Waals surface area contributed by atoms with Crippen molar-refractivity contribution in [1.29, 1.82) is 0 Å². The molecule has 8 nitrogen and oxygen atoms in total. The van der Waals surface area contributed by atoms with Crippen LogP contribution in [0.2, 0.25) is 0 Å². The fraction of sp³-hybridized carbons (Fsp3) is 0.419. The van der Waals surface area contributed by atoms with Crippen molar-refractivity contribution < 1.29 is 29.2 Å². The van der Waals surface area contributed by atoms with E-state index >= 15 is 0 Å². The van der Waals surface area contributed by atoms with Gasteiger partial charge in [-0.05, 0) is 86.4 Å². The van der Waals surface area contributed by atoms with Crippen LogP contribution in [0.25, 0.3) is 22.3 Å². The summed E-state index contributed by atoms with van der Waals surface area (Å²) >= 11 is 3.53. The third kappa shape index (κ3) is 8.61. The maximum atomic E-state index is 11.7. The van der Waals surface area contributed by atoms with Crippen LogP contribution >= 0.6 is 12.6 Å². The van der Waals surface area contributed by atoms with E-state index in [2.05, 4.69) is 22.9 Å². The highest BCUT2D eigenvalue weighted by molar-refractivity contribution is 7.79. The topological polar surface area (TPSA) is 110 Å². The van der Waals surface area contributed by atoms with E-state index in [1.54, 1.807) is 27.6 Å². The average molecular weight is 573 g/mol. The number of nitrogens with one attached hydrogen (secondary N) is 1. The molecule has 0 fully saturated rings. The first-order chi connectivity index (χ1) is 19.0. The molecule has 220 valence electrons. The molecular formula is C31H44N2O6S. The maximum Gasteiger partial charge on any atom is 0.307 e. The molecule has 1 aliphatic rings. The number of pyridine rings is 1. The number of ether oxygens (including phenoxy) is 3. The van der Waals surface area contributed by atoms with Gasteiger partial charge in [-0.2, -0.15) is 12.6 Å². The molecule has 3 N–H and O–H groups in total. The van der Waals surface area contributed by atoms with E-state index in [4.69, 9.17) is 19.3 Å². The number of nitrogens with zero attached hydrogens (tertiary/aromatic N) is 1. The second kappa shape index (κ2) is 16.1. The predicted octanol–water partition coefficient (Wildman–Crippen LogP) is 6.19. The SMILES string of the molecule is CO.COC(C)(C)C.COc1ccc(-c2c(C)c3c(c(C)c2CC(=O)O)NCc2cc(OC)ncc2-3)cc1.CS. The lowest BCUT2D eigenvalue weighted by molar-refractivity contribution is -0.136. The summed E-state index contributed by atoms with van der Waals surface area (Å²) < 4.78 is 15.5. The number of aliphatic hydroxyl groups excluding tert-OH is 1. The molecule has 0 atom stereocenters. The third-order valence-corrected chi connectivity index (χ3v) is 6.35. The van der Waals surface area contributed by atoms with E-state index in [1.165, 1.54) is 0 Å². The molecule has 0 spiro atoms. The Hall–Kier alpha value is -3.27. The molecule has 1 aliphatic heterocycles. The van der Waals surface area contributed by atoms with Gasteiger partial charge in [0.25, 0.3) is 0 Å². The second-order valence-corrected chi connectivity index (χ2v) is 9.71. The molecule has 9 heteroatoms. The zero-order chi connectivity index (χ0) is 30.6. The number of fused-ring (bicyclic) bond motifs is 3. The molecule has 2 heterocycles. The first-order valence-corrected chi connectivity index (χ1v) is 13.6. The first kappa shape index (κ1) is 34.8. The van der Waals surface area contributed by atoms with Gasteiger partial charge >= 0.3 is 5.97 Å². The zero-order valence-electron chi connectivity index (χ0n) is 25.3. The summed E-state index contributed by atoms with van der Waals surface area (Å²) in [4.78, 5) is 16.1. The summed E-state index contributed by atoms with van der Waals surface area (Å²) in [7, 11) is 5.94. The molecular weight excluding hydrogens is 528 g/mol. The molecule has 0 amide bonds. The maximum absolute atomic E-state index is 11.7. The number of anilines is 1. The van der Waals surface area contributed by atoms with Crippen LogP contribution in [0.5, 0.6) is 11.6 Å². The van der Waals surface area contributed by atoms with Crippen LogP contribution in [0.4, 0.5) is 5.69 Å². The normalized spacial score (nSPS) is 11.0. The molecule has 2 aromatic carbocycles. The number of carboxylic acid groups (broad SMARTS) is 1. The molecule has 0 aliphatic carbocycles. The lowest BCUT2D eigenvalue weighted by Crippen LogP contribution is -2.15. The quantitative estimate of drug-likeness (QED) is 0.268. The van der Waals surface area contributed by atoms with Gasteiger partial charge in [-0.25, -0.2) is 4.98 Å². The number of benzene rings is 2. The van der Waals surface area contributed by atoms with Gasteiger partial charge in [0.05, 0.1) is 26.2 Å². The number of hydrogen-bond donors (Lipinski definition) is 4. The molecule has 0 unspecified atom stereocenters. The number of carboxylic acids is 1. The molecule has 40 heavy (non-hydrogen) atoms. The Morgan fingerprint density at radius 2 is 1.57 bits per heavy atom. The number of aromatic nitrogens is 1. The molecule has 0 saturated heterocycles. The van der Waals surface area contributed by atoms with Gasteiger partial charge in [0.15, 0.2) is 0 Å². The Labute approximate surface area is 244 Å². The minimum Gasteiger partial charge on any atom is -0.497 e. The van der Waals surface area contributed by atoms with Crippen molar-refractivity contribution in [2.45, 2.75) is 53.2 Å². The van der Waals surface area contributed by atoms with Crippen molar-refractivity contribution in [2.24, 2.45) is 0 Å². The van der Waals surface area contributed by atoms with Gasteiger partial charge < -0.3 is 29.7 Å². The Balaban J connectivity index is 0.000000700. The van der Waals surface area contributed by atoms with Gasteiger partial charge in [-0.1, -0.05) is 12.1 Å². The van der Waals surface area contributed by atoms with Gasteiger partial charge in [0, 0.05) is 49.8 Å². The molecule has 0 bridgehead atoms. The first-order valence-electron chi connectivity index (χ1n) is 12.7. The summed E-state index contributed by atoms with van der Waals surface area (Å²) in [6.07, 6.45) is 3.49. The van der Waals surface area contributed by atoms with Crippen LogP contribution in [-0.4, -0.2) is 61.5 Å². The van der Waals surface area contributed by atoms with Gasteiger partial charge in [-0.15, -0.1) is 0 Å². The number of carbonyl (C=O) groups is 1. The van der Waals surface area contributed by atoms with E-state index < -0.39 is 5.97 Å². The zero-order valence-corrected chi connectivity index (χ0v) is 26.2. The Morgan fingerprint density at radius 1 is 1.00 bits per heavy atom. The van der Waals surface area contributed by atoms with Crippen molar-refractivity contribution in [3.05, 3.63) is 58.8 Å². The van der Waals surface area contributed by atoms with E-state index in [-0.39, 0.29) is 12.0 Å². The fourth-order valence-corrected chi connectivity index (χ4v) is 4.28. The minimum atomic E-state index is -0.852. The van der Waals surface area contributed by atoms with E-state index in [9.17, 15) is 9.90 Å². The van der Waals surface area contributed by atoms with Crippen LogP contribution in [0, 0.1) is 13.8 Å². The Bertz CT molecular complexity index is 1250. The van der Waals surface area contributed by atoms with E-state index in [1.807, 2.05) is 71.1 Å². The lowest BCUT2D eigenvalue weighted by Gasteiger charge is -2.29. The Morgan fingerprint density at radius 3 is 2.05 bits per heavy atom. The summed E-state index contributed by atoms with van der Waals surface area (Å²) in [6, 6.07) is 9.68. The summed E-state index contributed by atoms with van der Waals surface area (Å²) in [5.41, 5.74) is 8.92. The third-order valence-electron chi connectivity index (χ3n) is 6.35. The number of thiol groups is 1. The van der Waals surface area contributed by atoms with E-state index in [0.717, 1.165) is 63.1 Å². The Kier molecular flexibility index (Phi) is 14.0. The molecule has 3 aromatic rings. The molecule has 1 aromatic heterocycles. The molecule has 0 saturated carbocycles. The van der Waals surface area contributed by atoms with Crippen LogP contribution < -0.4 is 14.8 Å².